The van der Waals surface area contributed by atoms with Gasteiger partial charge in [0.15, 0.2) is 0 Å². The van der Waals surface area contributed by atoms with Gasteiger partial charge >= 0.3 is 0 Å². The van der Waals surface area contributed by atoms with Gasteiger partial charge < -0.3 is 4.98 Å². The van der Waals surface area contributed by atoms with E-state index < -0.39 is 30.9 Å². The third kappa shape index (κ3) is 1.43. The molecule has 10 heavy (non-hydrogen) atoms. The fraction of sp³-hybridized carbons (Fsp3) is 0.429. The van der Waals surface area contributed by atoms with Crippen LogP contribution in [0.5, 0.6) is 0 Å². The highest BCUT2D eigenvalue weighted by Crippen LogP contribution is 2.06. The zero-order chi connectivity index (χ0) is 13.5. The van der Waals surface area contributed by atoms with Crippen molar-refractivity contribution in [3.05, 3.63) is 28.4 Å². The molecule has 0 bridgehead atoms. The zero-order valence-corrected chi connectivity index (χ0v) is 5.01. The van der Waals surface area contributed by atoms with Crippen molar-refractivity contribution >= 4 is 0 Å². The molecule has 0 amide bonds. The molecule has 0 aliphatic carbocycles. The predicted octanol–water partition coefficient (Wildman–Crippen LogP) is 0.893. The van der Waals surface area contributed by atoms with E-state index in [0.29, 0.717) is 0 Å². The van der Waals surface area contributed by atoms with Crippen LogP contribution in [0.2, 0.25) is 0 Å². The predicted molar refractivity (Wildman–Crippen MR) is 38.9 cm³/mol. The monoisotopic (exact) mass is 145 g/mol. The van der Waals surface area contributed by atoms with Crippen LogP contribution < -0.4 is 5.56 Å². The second kappa shape index (κ2) is 2.64. The van der Waals surface area contributed by atoms with Crippen molar-refractivity contribution in [1.82, 2.24) is 9.97 Å². The first-order valence-electron chi connectivity index (χ1n) is 6.05. The molecule has 0 spiro atoms. The summed E-state index contributed by atoms with van der Waals surface area (Å²) in [5.74, 6) is -2.87. The minimum atomic E-state index is -3.09. The molecule has 0 aliphatic heterocycles. The van der Waals surface area contributed by atoms with Gasteiger partial charge in [-0.2, -0.15) is 0 Å². The number of nitrogens with zero attached hydrogens (tertiary/aromatic N) is 1. The molecule has 0 atom stereocenters. The average Bonchev–Trinajstić information content (AvgIpc) is 2.14. The van der Waals surface area contributed by atoms with E-state index in [1.807, 2.05) is 0 Å². The first kappa shape index (κ1) is 2.19. The maximum absolute atomic E-state index is 10.8. The highest BCUT2D eigenvalue weighted by Gasteiger charge is 1.97. The largest absolute Gasteiger partial charge is 0.326 e. The van der Waals surface area contributed by atoms with Crippen LogP contribution in [0.15, 0.2) is 17.2 Å². The second-order valence-electron chi connectivity index (χ2n) is 1.67. The molecule has 0 saturated carbocycles. The van der Waals surface area contributed by atoms with Gasteiger partial charge in [-0.3, -0.25) is 9.78 Å². The number of aromatic amines is 1. The summed E-state index contributed by atoms with van der Waals surface area (Å²) < 4.78 is 50.8. The Morgan fingerprint density at radius 2 is 2.70 bits per heavy atom. The van der Waals surface area contributed by atoms with Gasteiger partial charge in [0, 0.05) is 15.8 Å². The summed E-state index contributed by atoms with van der Waals surface area (Å²) in [7, 11) is 0. The fourth-order valence-electron chi connectivity index (χ4n) is 0.479. The Kier molecular flexibility index (Phi) is 0.578. The first-order valence-corrected chi connectivity index (χ1v) is 2.55. The van der Waals surface area contributed by atoms with Crippen LogP contribution in [0.1, 0.15) is 34.9 Å². The van der Waals surface area contributed by atoms with Crippen LogP contribution in [0.3, 0.4) is 0 Å². The summed E-state index contributed by atoms with van der Waals surface area (Å²) in [6, 6.07) is 0. The van der Waals surface area contributed by atoms with Gasteiger partial charge in [0.25, 0.3) is 5.56 Å². The van der Waals surface area contributed by atoms with Gasteiger partial charge in [-0.25, -0.2) is 0 Å². The number of hydrogen-bond acceptors (Lipinski definition) is 2. The van der Waals surface area contributed by atoms with Crippen LogP contribution in [-0.4, -0.2) is 9.97 Å². The summed E-state index contributed by atoms with van der Waals surface area (Å²) in [5.41, 5.74) is -1.12. The molecule has 0 unspecified atom stereocenters. The Hall–Kier alpha value is -1.12. The molecule has 1 heterocycles. The summed E-state index contributed by atoms with van der Waals surface area (Å²) >= 11 is 0. The third-order valence-electron chi connectivity index (χ3n) is 0.928. The van der Waals surface area contributed by atoms with Crippen LogP contribution in [0.25, 0.3) is 0 Å². The molecule has 0 radical (unpaired) electrons. The molecule has 54 valence electrons. The number of rotatable bonds is 1. The van der Waals surface area contributed by atoms with Crippen LogP contribution in [0.4, 0.5) is 0 Å². The van der Waals surface area contributed by atoms with E-state index >= 15 is 0 Å². The molecule has 3 nitrogen and oxygen atoms in total. The molecular weight excluding hydrogens is 128 g/mol. The lowest BCUT2D eigenvalue weighted by molar-refractivity contribution is 0.807. The van der Waals surface area contributed by atoms with Gasteiger partial charge in [0.05, 0.1) is 11.9 Å². The van der Waals surface area contributed by atoms with Crippen molar-refractivity contribution in [1.29, 1.82) is 0 Å². The molecule has 0 aromatic carbocycles. The quantitative estimate of drug-likeness (QED) is 0.638. The molecule has 3 heteroatoms. The number of H-pyrrole nitrogens is 1. The molecule has 1 rings (SSSR count). The van der Waals surface area contributed by atoms with Crippen molar-refractivity contribution in [2.75, 3.05) is 0 Å². The lowest BCUT2D eigenvalue weighted by atomic mass is 10.1. The van der Waals surface area contributed by atoms with E-state index in [2.05, 4.69) is 9.97 Å². The number of hydrogen-bond donors (Lipinski definition) is 1. The van der Waals surface area contributed by atoms with E-state index in [1.54, 1.807) is 0 Å². The van der Waals surface area contributed by atoms with Crippen LogP contribution >= 0.6 is 0 Å². The summed E-state index contributed by atoms with van der Waals surface area (Å²) in [6.45, 7) is -6.19. The van der Waals surface area contributed by atoms with E-state index in [-0.39, 0.29) is 0 Å². The Labute approximate surface area is 69.0 Å². The summed E-state index contributed by atoms with van der Waals surface area (Å²) in [5, 5.41) is 0. The SMILES string of the molecule is [2H]C([2H])([2H])C([2H])(c1c[nH]c(=O)cn1)C([2H])([2H])[2H]. The molecule has 0 saturated heterocycles. The average molecular weight is 145 g/mol. The van der Waals surface area contributed by atoms with Crippen molar-refractivity contribution in [3.8, 4) is 0 Å². The van der Waals surface area contributed by atoms with Gasteiger partial charge in [-0.1, -0.05) is 13.7 Å². The van der Waals surface area contributed by atoms with Crippen LogP contribution in [-0.2, 0) is 0 Å². The molecule has 1 aromatic heterocycles. The highest BCUT2D eigenvalue weighted by atomic mass is 16.1. The summed E-state index contributed by atoms with van der Waals surface area (Å²) in [6.07, 6.45) is 1.59. The van der Waals surface area contributed by atoms with Gasteiger partial charge in [-0.05, 0) is 5.89 Å². The maximum atomic E-state index is 10.8. The second-order valence-corrected chi connectivity index (χ2v) is 1.67. The summed E-state index contributed by atoms with van der Waals surface area (Å²) in [4.78, 5) is 16.3. The minimum Gasteiger partial charge on any atom is -0.326 e. The van der Waals surface area contributed by atoms with Crippen molar-refractivity contribution < 1.29 is 9.60 Å². The lowest BCUT2D eigenvalue weighted by Crippen LogP contribution is -2.06. The topological polar surface area (TPSA) is 45.8 Å². The first-order chi connectivity index (χ1) is 7.50. The molecule has 0 fully saturated rings. The van der Waals surface area contributed by atoms with Gasteiger partial charge in [0.2, 0.25) is 0 Å². The molecular formula is C7H10N2O. The molecule has 0 aliphatic rings. The Morgan fingerprint density at radius 3 is 3.20 bits per heavy atom. The standard InChI is InChI=1S/C7H10N2O/c1-5(2)6-3-9-7(10)4-8-6/h3-5H,1-2H3,(H,9,10)/i1D3,2D3,5D. The van der Waals surface area contributed by atoms with E-state index in [1.165, 1.54) is 0 Å². The maximum Gasteiger partial charge on any atom is 0.266 e. The van der Waals surface area contributed by atoms with Gasteiger partial charge in [0.1, 0.15) is 0 Å². The minimum absolute atomic E-state index is 0.517. The Bertz CT molecular complexity index is 426. The van der Waals surface area contributed by atoms with E-state index in [4.69, 9.17) is 9.60 Å². The smallest absolute Gasteiger partial charge is 0.266 e. The number of aromatic nitrogens is 2. The van der Waals surface area contributed by atoms with Crippen molar-refractivity contribution in [2.24, 2.45) is 0 Å². The van der Waals surface area contributed by atoms with Crippen molar-refractivity contribution in [2.45, 2.75) is 19.6 Å². The molecule has 1 N–H and O–H groups in total. The van der Waals surface area contributed by atoms with Crippen molar-refractivity contribution in [3.63, 3.8) is 0 Å². The van der Waals surface area contributed by atoms with Crippen LogP contribution in [0, 0.1) is 0 Å². The normalized spacial score (nSPS) is 24.2. The van der Waals surface area contributed by atoms with E-state index in [9.17, 15) is 4.79 Å². The van der Waals surface area contributed by atoms with E-state index in [0.717, 1.165) is 12.4 Å². The lowest BCUT2D eigenvalue weighted by Gasteiger charge is -1.99. The molecule has 1 aromatic rings. The Morgan fingerprint density at radius 1 is 1.90 bits per heavy atom. The zero-order valence-electron chi connectivity index (χ0n) is 12.0. The number of nitrogens with one attached hydrogen (secondary N) is 1. The van der Waals surface area contributed by atoms with Gasteiger partial charge in [-0.15, -0.1) is 0 Å². The third-order valence-corrected chi connectivity index (χ3v) is 0.928. The highest BCUT2D eigenvalue weighted by molar-refractivity contribution is 4.99. The fourth-order valence-corrected chi connectivity index (χ4v) is 0.479. The Balaban J connectivity index is 3.46.